The summed E-state index contributed by atoms with van der Waals surface area (Å²) >= 11 is 6.82. The van der Waals surface area contributed by atoms with E-state index < -0.39 is 11.6 Å². The first-order valence-corrected chi connectivity index (χ1v) is 7.43. The number of nitrogens with one attached hydrogen (secondary N) is 1. The highest BCUT2D eigenvalue weighted by Gasteiger charge is 2.44. The van der Waals surface area contributed by atoms with Crippen molar-refractivity contribution in [3.05, 3.63) is 27.1 Å². The maximum Gasteiger partial charge on any atom is 0.252 e. The first-order valence-electron chi connectivity index (χ1n) is 5.85. The Kier molecular flexibility index (Phi) is 3.75. The fourth-order valence-corrected chi connectivity index (χ4v) is 2.84. The molecule has 1 aromatic carbocycles. The molecule has 1 aromatic rings. The highest BCUT2D eigenvalue weighted by atomic mass is 79.9. The number of hydrogen-bond donors (Lipinski definition) is 1. The number of carbonyl (C=O) groups excluding carboxylic acids is 2. The van der Waals surface area contributed by atoms with Crippen molar-refractivity contribution in [2.75, 3.05) is 4.90 Å². The maximum atomic E-state index is 12.5. The van der Waals surface area contributed by atoms with Gasteiger partial charge in [-0.25, -0.2) is 0 Å². The van der Waals surface area contributed by atoms with Crippen LogP contribution in [0.5, 0.6) is 0 Å². The summed E-state index contributed by atoms with van der Waals surface area (Å²) in [6, 6.07) is 5.01. The van der Waals surface area contributed by atoms with Gasteiger partial charge in [-0.05, 0) is 54.9 Å². The van der Waals surface area contributed by atoms with Crippen molar-refractivity contribution in [1.29, 1.82) is 0 Å². The van der Waals surface area contributed by atoms with Crippen LogP contribution in [0.25, 0.3) is 0 Å². The second-order valence-electron chi connectivity index (χ2n) is 5.06. The SMILES string of the molecule is CC1C(=O)NC(C)(C)C(=O)N1c1cc(Br)ccc1Br. The van der Waals surface area contributed by atoms with Gasteiger partial charge in [-0.1, -0.05) is 15.9 Å². The lowest BCUT2D eigenvalue weighted by atomic mass is 9.96. The minimum absolute atomic E-state index is 0.126. The molecule has 0 radical (unpaired) electrons. The normalized spacial score (nSPS) is 22.4. The molecule has 1 atom stereocenters. The molecule has 1 aliphatic heterocycles. The van der Waals surface area contributed by atoms with E-state index in [0.29, 0.717) is 5.69 Å². The zero-order valence-electron chi connectivity index (χ0n) is 10.8. The van der Waals surface area contributed by atoms with E-state index in [-0.39, 0.29) is 11.8 Å². The van der Waals surface area contributed by atoms with Crippen molar-refractivity contribution in [2.45, 2.75) is 32.4 Å². The molecule has 6 heteroatoms. The Morgan fingerprint density at radius 3 is 2.53 bits per heavy atom. The molecular weight excluding hydrogens is 376 g/mol. The Bertz CT molecular complexity index is 558. The molecule has 4 nitrogen and oxygen atoms in total. The second kappa shape index (κ2) is 4.90. The predicted octanol–water partition coefficient (Wildman–Crippen LogP) is 2.84. The molecule has 1 fully saturated rings. The number of piperazine rings is 1. The van der Waals surface area contributed by atoms with Crippen LogP contribution in [0.4, 0.5) is 5.69 Å². The van der Waals surface area contributed by atoms with E-state index in [4.69, 9.17) is 0 Å². The Morgan fingerprint density at radius 2 is 1.89 bits per heavy atom. The van der Waals surface area contributed by atoms with Gasteiger partial charge < -0.3 is 5.32 Å². The lowest BCUT2D eigenvalue weighted by Gasteiger charge is -2.41. The monoisotopic (exact) mass is 388 g/mol. The third-order valence-electron chi connectivity index (χ3n) is 3.12. The highest BCUT2D eigenvalue weighted by Crippen LogP contribution is 2.33. The summed E-state index contributed by atoms with van der Waals surface area (Å²) in [5.74, 6) is -0.283. The third-order valence-corrected chi connectivity index (χ3v) is 4.29. The van der Waals surface area contributed by atoms with Crippen molar-refractivity contribution >= 4 is 49.4 Å². The summed E-state index contributed by atoms with van der Waals surface area (Å²) < 4.78 is 1.64. The molecule has 0 spiro atoms. The topological polar surface area (TPSA) is 49.4 Å². The van der Waals surface area contributed by atoms with Crippen molar-refractivity contribution in [3.63, 3.8) is 0 Å². The third kappa shape index (κ3) is 2.56. The first-order chi connectivity index (χ1) is 8.74. The van der Waals surface area contributed by atoms with E-state index in [0.717, 1.165) is 8.95 Å². The van der Waals surface area contributed by atoms with E-state index in [9.17, 15) is 9.59 Å². The minimum Gasteiger partial charge on any atom is -0.340 e. The molecule has 102 valence electrons. The Balaban J connectivity index is 2.54. The van der Waals surface area contributed by atoms with Gasteiger partial charge in [0, 0.05) is 8.95 Å². The van der Waals surface area contributed by atoms with E-state index in [1.54, 1.807) is 20.8 Å². The van der Waals surface area contributed by atoms with Gasteiger partial charge in [0.2, 0.25) is 5.91 Å². The van der Waals surface area contributed by atoms with Gasteiger partial charge in [0.05, 0.1) is 5.69 Å². The average molecular weight is 390 g/mol. The summed E-state index contributed by atoms with van der Waals surface area (Å²) in [6.07, 6.45) is 0. The van der Waals surface area contributed by atoms with Crippen LogP contribution in [0.3, 0.4) is 0 Å². The molecule has 0 aromatic heterocycles. The maximum absolute atomic E-state index is 12.5. The fourth-order valence-electron chi connectivity index (χ4n) is 2.05. The Hall–Kier alpha value is -0.880. The van der Waals surface area contributed by atoms with Crippen LogP contribution in [-0.2, 0) is 9.59 Å². The van der Waals surface area contributed by atoms with E-state index >= 15 is 0 Å². The molecule has 1 aliphatic rings. The number of rotatable bonds is 1. The summed E-state index contributed by atoms with van der Waals surface area (Å²) in [5, 5.41) is 2.73. The fraction of sp³-hybridized carbons (Fsp3) is 0.385. The smallest absolute Gasteiger partial charge is 0.252 e. The summed E-state index contributed by atoms with van der Waals surface area (Å²) in [7, 11) is 0. The van der Waals surface area contributed by atoms with Crippen LogP contribution in [0, 0.1) is 0 Å². The number of hydrogen-bond acceptors (Lipinski definition) is 2. The van der Waals surface area contributed by atoms with Gasteiger partial charge in [-0.3, -0.25) is 14.5 Å². The minimum atomic E-state index is -0.897. The molecule has 2 rings (SSSR count). The van der Waals surface area contributed by atoms with Crippen LogP contribution in [0.2, 0.25) is 0 Å². The molecule has 2 amide bonds. The van der Waals surface area contributed by atoms with Gasteiger partial charge in [-0.15, -0.1) is 0 Å². The summed E-state index contributed by atoms with van der Waals surface area (Å²) in [6.45, 7) is 5.13. The molecule has 0 aliphatic carbocycles. The van der Waals surface area contributed by atoms with Crippen molar-refractivity contribution in [2.24, 2.45) is 0 Å². The molecule has 19 heavy (non-hydrogen) atoms. The lowest BCUT2D eigenvalue weighted by molar-refractivity contribution is -0.136. The molecule has 1 heterocycles. The van der Waals surface area contributed by atoms with Gasteiger partial charge in [0.1, 0.15) is 11.6 Å². The second-order valence-corrected chi connectivity index (χ2v) is 6.83. The molecule has 0 saturated carbocycles. The number of carbonyl (C=O) groups is 2. The van der Waals surface area contributed by atoms with Gasteiger partial charge in [0.25, 0.3) is 5.91 Å². The highest BCUT2D eigenvalue weighted by molar-refractivity contribution is 9.11. The largest absolute Gasteiger partial charge is 0.340 e. The quantitative estimate of drug-likeness (QED) is 0.802. The number of nitrogens with zero attached hydrogens (tertiary/aromatic N) is 1. The summed E-state index contributed by atoms with van der Waals surface area (Å²) in [5.41, 5.74) is -0.208. The van der Waals surface area contributed by atoms with E-state index in [2.05, 4.69) is 37.2 Å². The zero-order chi connectivity index (χ0) is 14.4. The summed E-state index contributed by atoms with van der Waals surface area (Å²) in [4.78, 5) is 26.1. The van der Waals surface area contributed by atoms with E-state index in [1.807, 2.05) is 18.2 Å². The van der Waals surface area contributed by atoms with E-state index in [1.165, 1.54) is 4.90 Å². The van der Waals surface area contributed by atoms with Crippen LogP contribution in [-0.4, -0.2) is 23.4 Å². The number of amides is 2. The van der Waals surface area contributed by atoms with Gasteiger partial charge in [-0.2, -0.15) is 0 Å². The molecule has 1 saturated heterocycles. The molecule has 0 bridgehead atoms. The van der Waals surface area contributed by atoms with Crippen LogP contribution >= 0.6 is 31.9 Å². The van der Waals surface area contributed by atoms with Crippen LogP contribution in [0.15, 0.2) is 27.1 Å². The Morgan fingerprint density at radius 1 is 1.26 bits per heavy atom. The first kappa shape index (κ1) is 14.5. The molecule has 1 N–H and O–H groups in total. The van der Waals surface area contributed by atoms with Crippen LogP contribution in [0.1, 0.15) is 20.8 Å². The zero-order valence-corrected chi connectivity index (χ0v) is 14.0. The molecule has 1 unspecified atom stereocenters. The number of anilines is 1. The van der Waals surface area contributed by atoms with Crippen molar-refractivity contribution < 1.29 is 9.59 Å². The van der Waals surface area contributed by atoms with Gasteiger partial charge in [0.15, 0.2) is 0 Å². The lowest BCUT2D eigenvalue weighted by Crippen LogP contribution is -2.67. The number of halogens is 2. The van der Waals surface area contributed by atoms with Crippen molar-refractivity contribution in [3.8, 4) is 0 Å². The van der Waals surface area contributed by atoms with Crippen LogP contribution < -0.4 is 10.2 Å². The standard InChI is InChI=1S/C13H14Br2N2O2/c1-7-11(18)16-13(2,3)12(19)17(7)10-6-8(14)4-5-9(10)15/h4-7H,1-3H3,(H,16,18). The Labute approximate surface area is 128 Å². The van der Waals surface area contributed by atoms with Crippen molar-refractivity contribution in [1.82, 2.24) is 5.32 Å². The predicted molar refractivity (Wildman–Crippen MR) is 81.0 cm³/mol. The molecular formula is C13H14Br2N2O2. The van der Waals surface area contributed by atoms with Gasteiger partial charge >= 0.3 is 0 Å². The average Bonchev–Trinajstić information content (AvgIpc) is 2.31. The number of benzene rings is 1.